The van der Waals surface area contributed by atoms with Crippen LogP contribution in [0.25, 0.3) is 0 Å². The van der Waals surface area contributed by atoms with Crippen molar-refractivity contribution in [3.63, 3.8) is 0 Å². The van der Waals surface area contributed by atoms with Crippen molar-refractivity contribution < 1.29 is 13.9 Å². The van der Waals surface area contributed by atoms with Gasteiger partial charge in [0.05, 0.1) is 26.4 Å². The standard InChI is InChI=1S/C12H16FNO2/c1-8(14-10-6-16-7-10)11-5-9(13)3-4-12(11)15-2/h3-5,8,10,14H,6-7H2,1-2H3. The zero-order valence-electron chi connectivity index (χ0n) is 9.50. The maximum atomic E-state index is 13.2. The summed E-state index contributed by atoms with van der Waals surface area (Å²) in [5, 5.41) is 3.36. The molecule has 2 rings (SSSR count). The smallest absolute Gasteiger partial charge is 0.123 e. The number of benzene rings is 1. The predicted octanol–water partition coefficient (Wildman–Crippen LogP) is 1.88. The van der Waals surface area contributed by atoms with Gasteiger partial charge in [0.25, 0.3) is 0 Å². The highest BCUT2D eigenvalue weighted by atomic mass is 19.1. The van der Waals surface area contributed by atoms with Crippen molar-refractivity contribution in [2.24, 2.45) is 0 Å². The third-order valence-electron chi connectivity index (χ3n) is 2.78. The Morgan fingerprint density at radius 2 is 2.25 bits per heavy atom. The molecule has 4 heteroatoms. The van der Waals surface area contributed by atoms with E-state index in [-0.39, 0.29) is 11.9 Å². The normalized spacial score (nSPS) is 17.9. The van der Waals surface area contributed by atoms with Crippen LogP contribution in [0, 0.1) is 5.82 Å². The minimum Gasteiger partial charge on any atom is -0.496 e. The molecule has 1 aromatic rings. The lowest BCUT2D eigenvalue weighted by atomic mass is 10.1. The summed E-state index contributed by atoms with van der Waals surface area (Å²) in [7, 11) is 1.59. The van der Waals surface area contributed by atoms with Gasteiger partial charge in [-0.1, -0.05) is 0 Å². The van der Waals surface area contributed by atoms with Crippen LogP contribution in [0.5, 0.6) is 5.75 Å². The fourth-order valence-corrected chi connectivity index (χ4v) is 1.82. The van der Waals surface area contributed by atoms with Crippen molar-refractivity contribution in [1.29, 1.82) is 0 Å². The molecule has 1 N–H and O–H groups in total. The molecule has 1 aliphatic heterocycles. The average molecular weight is 225 g/mol. The summed E-state index contributed by atoms with van der Waals surface area (Å²) < 4.78 is 23.5. The Labute approximate surface area is 94.6 Å². The number of hydrogen-bond donors (Lipinski definition) is 1. The Morgan fingerprint density at radius 3 is 2.81 bits per heavy atom. The largest absolute Gasteiger partial charge is 0.496 e. The Bertz CT molecular complexity index is 366. The van der Waals surface area contributed by atoms with Gasteiger partial charge in [0, 0.05) is 11.6 Å². The summed E-state index contributed by atoms with van der Waals surface area (Å²) in [6.07, 6.45) is 0. The van der Waals surface area contributed by atoms with Crippen LogP contribution in [0.3, 0.4) is 0 Å². The second-order valence-electron chi connectivity index (χ2n) is 4.01. The molecule has 0 saturated carbocycles. The van der Waals surface area contributed by atoms with Crippen LogP contribution in [-0.4, -0.2) is 26.4 Å². The van der Waals surface area contributed by atoms with Crippen LogP contribution in [-0.2, 0) is 4.74 Å². The van der Waals surface area contributed by atoms with Gasteiger partial charge in [-0.2, -0.15) is 0 Å². The molecule has 0 spiro atoms. The molecule has 16 heavy (non-hydrogen) atoms. The Hall–Kier alpha value is -1.13. The highest BCUT2D eigenvalue weighted by Crippen LogP contribution is 2.26. The maximum Gasteiger partial charge on any atom is 0.123 e. The SMILES string of the molecule is COc1ccc(F)cc1C(C)NC1COC1. The van der Waals surface area contributed by atoms with Gasteiger partial charge in [-0.05, 0) is 25.1 Å². The molecule has 3 nitrogen and oxygen atoms in total. The first-order valence-electron chi connectivity index (χ1n) is 5.38. The molecule has 1 saturated heterocycles. The summed E-state index contributed by atoms with van der Waals surface area (Å²) >= 11 is 0. The third kappa shape index (κ3) is 2.33. The van der Waals surface area contributed by atoms with Crippen molar-refractivity contribution in [2.75, 3.05) is 20.3 Å². The number of nitrogens with one attached hydrogen (secondary N) is 1. The van der Waals surface area contributed by atoms with Gasteiger partial charge in [-0.3, -0.25) is 0 Å². The second kappa shape index (κ2) is 4.80. The molecule has 0 radical (unpaired) electrons. The molecule has 0 aromatic heterocycles. The molecular weight excluding hydrogens is 209 g/mol. The summed E-state index contributed by atoms with van der Waals surface area (Å²) in [5.74, 6) is 0.468. The predicted molar refractivity (Wildman–Crippen MR) is 59.1 cm³/mol. The van der Waals surface area contributed by atoms with Crippen molar-refractivity contribution >= 4 is 0 Å². The number of halogens is 1. The summed E-state index contributed by atoms with van der Waals surface area (Å²) in [6.45, 7) is 3.44. The highest BCUT2D eigenvalue weighted by molar-refractivity contribution is 5.36. The molecule has 1 aromatic carbocycles. The van der Waals surface area contributed by atoms with Gasteiger partial charge in [-0.15, -0.1) is 0 Å². The number of methoxy groups -OCH3 is 1. The molecule has 0 bridgehead atoms. The average Bonchev–Trinajstić information content (AvgIpc) is 2.23. The Morgan fingerprint density at radius 1 is 1.50 bits per heavy atom. The van der Waals surface area contributed by atoms with Crippen LogP contribution >= 0.6 is 0 Å². The fraction of sp³-hybridized carbons (Fsp3) is 0.500. The van der Waals surface area contributed by atoms with E-state index in [9.17, 15) is 4.39 Å². The van der Waals surface area contributed by atoms with E-state index in [2.05, 4.69) is 5.32 Å². The van der Waals surface area contributed by atoms with E-state index >= 15 is 0 Å². The molecule has 1 unspecified atom stereocenters. The minimum atomic E-state index is -0.241. The van der Waals surface area contributed by atoms with Gasteiger partial charge in [-0.25, -0.2) is 4.39 Å². The lowest BCUT2D eigenvalue weighted by Crippen LogP contribution is -2.46. The monoisotopic (exact) mass is 225 g/mol. The Balaban J connectivity index is 2.13. The van der Waals surface area contributed by atoms with E-state index in [0.717, 1.165) is 18.8 Å². The van der Waals surface area contributed by atoms with Gasteiger partial charge in [0.1, 0.15) is 11.6 Å². The second-order valence-corrected chi connectivity index (χ2v) is 4.01. The molecular formula is C12H16FNO2. The summed E-state index contributed by atoms with van der Waals surface area (Å²) in [5.41, 5.74) is 0.842. The Kier molecular flexibility index (Phi) is 3.41. The zero-order chi connectivity index (χ0) is 11.5. The molecule has 0 amide bonds. The van der Waals surface area contributed by atoms with Crippen molar-refractivity contribution in [2.45, 2.75) is 19.0 Å². The molecule has 1 fully saturated rings. The van der Waals surface area contributed by atoms with E-state index in [1.54, 1.807) is 13.2 Å². The van der Waals surface area contributed by atoms with Gasteiger partial charge >= 0.3 is 0 Å². The maximum absolute atomic E-state index is 13.2. The van der Waals surface area contributed by atoms with Crippen molar-refractivity contribution in [3.05, 3.63) is 29.6 Å². The van der Waals surface area contributed by atoms with Gasteiger partial charge < -0.3 is 14.8 Å². The van der Waals surface area contributed by atoms with Crippen molar-refractivity contribution in [1.82, 2.24) is 5.32 Å². The van der Waals surface area contributed by atoms with E-state index in [1.807, 2.05) is 6.92 Å². The fourth-order valence-electron chi connectivity index (χ4n) is 1.82. The zero-order valence-corrected chi connectivity index (χ0v) is 9.50. The third-order valence-corrected chi connectivity index (χ3v) is 2.78. The molecule has 0 aliphatic carbocycles. The quantitative estimate of drug-likeness (QED) is 0.848. The van der Waals surface area contributed by atoms with E-state index in [1.165, 1.54) is 12.1 Å². The number of rotatable bonds is 4. The first-order valence-corrected chi connectivity index (χ1v) is 5.38. The van der Waals surface area contributed by atoms with Crippen LogP contribution < -0.4 is 10.1 Å². The van der Waals surface area contributed by atoms with E-state index in [4.69, 9.17) is 9.47 Å². The molecule has 88 valence electrons. The van der Waals surface area contributed by atoms with Crippen LogP contribution in [0.1, 0.15) is 18.5 Å². The highest BCUT2D eigenvalue weighted by Gasteiger charge is 2.22. The minimum absolute atomic E-state index is 0.0551. The lowest BCUT2D eigenvalue weighted by Gasteiger charge is -2.30. The van der Waals surface area contributed by atoms with Crippen LogP contribution in [0.15, 0.2) is 18.2 Å². The van der Waals surface area contributed by atoms with E-state index < -0.39 is 0 Å². The van der Waals surface area contributed by atoms with Gasteiger partial charge in [0.2, 0.25) is 0 Å². The first-order chi connectivity index (χ1) is 7.70. The topological polar surface area (TPSA) is 30.5 Å². The molecule has 1 heterocycles. The summed E-state index contributed by atoms with van der Waals surface area (Å²) in [4.78, 5) is 0. The van der Waals surface area contributed by atoms with Crippen molar-refractivity contribution in [3.8, 4) is 5.75 Å². The molecule has 1 atom stereocenters. The van der Waals surface area contributed by atoms with E-state index in [0.29, 0.717) is 11.8 Å². The summed E-state index contributed by atoms with van der Waals surface area (Å²) in [6, 6.07) is 4.99. The lowest BCUT2D eigenvalue weighted by molar-refractivity contribution is -0.00935. The van der Waals surface area contributed by atoms with Crippen LogP contribution in [0.2, 0.25) is 0 Å². The van der Waals surface area contributed by atoms with Gasteiger partial charge in [0.15, 0.2) is 0 Å². The number of ether oxygens (including phenoxy) is 2. The number of hydrogen-bond acceptors (Lipinski definition) is 3. The first kappa shape index (κ1) is 11.4. The molecule has 1 aliphatic rings. The van der Waals surface area contributed by atoms with Crippen LogP contribution in [0.4, 0.5) is 4.39 Å².